The van der Waals surface area contributed by atoms with Crippen molar-refractivity contribution in [1.82, 2.24) is 5.32 Å². The van der Waals surface area contributed by atoms with Gasteiger partial charge in [0, 0.05) is 12.1 Å². The molecule has 0 saturated heterocycles. The molecule has 3 nitrogen and oxygen atoms in total. The van der Waals surface area contributed by atoms with E-state index in [1.54, 1.807) is 0 Å². The maximum absolute atomic E-state index is 5.41. The second-order valence-electron chi connectivity index (χ2n) is 4.68. The third-order valence-corrected chi connectivity index (χ3v) is 3.83. The molecule has 2 atom stereocenters. The molecule has 0 aromatic heterocycles. The van der Waals surface area contributed by atoms with E-state index in [-0.39, 0.29) is 0 Å². The van der Waals surface area contributed by atoms with E-state index in [1.807, 2.05) is 17.8 Å². The van der Waals surface area contributed by atoms with Crippen molar-refractivity contribution in [1.29, 1.82) is 0 Å². The lowest BCUT2D eigenvalue weighted by molar-refractivity contribution is 0.174. The first-order chi connectivity index (χ1) is 8.70. The highest BCUT2D eigenvalue weighted by atomic mass is 32.2. The fourth-order valence-corrected chi connectivity index (χ4v) is 2.67. The number of fused-ring (bicyclic) bond motifs is 1. The Balaban J connectivity index is 1.94. The van der Waals surface area contributed by atoms with Gasteiger partial charge in [-0.2, -0.15) is 11.8 Å². The number of hydrogen-bond donors (Lipinski definition) is 1. The maximum Gasteiger partial charge on any atom is 0.231 e. The summed E-state index contributed by atoms with van der Waals surface area (Å²) in [6, 6.07) is 7.02. The fourth-order valence-electron chi connectivity index (χ4n) is 2.08. The lowest BCUT2D eigenvalue weighted by Gasteiger charge is -2.20. The summed E-state index contributed by atoms with van der Waals surface area (Å²) in [6.07, 6.45) is 3.34. The number of nitrogens with one attached hydrogen (secondary N) is 1. The average Bonchev–Trinajstić information content (AvgIpc) is 2.83. The molecule has 4 heteroatoms. The van der Waals surface area contributed by atoms with Crippen molar-refractivity contribution >= 4 is 11.8 Å². The van der Waals surface area contributed by atoms with Crippen molar-refractivity contribution in [2.24, 2.45) is 0 Å². The van der Waals surface area contributed by atoms with Gasteiger partial charge in [0.15, 0.2) is 11.5 Å². The van der Waals surface area contributed by atoms with Crippen LogP contribution in [0.1, 0.15) is 31.9 Å². The van der Waals surface area contributed by atoms with Crippen molar-refractivity contribution in [3.63, 3.8) is 0 Å². The highest BCUT2D eigenvalue weighted by Gasteiger charge is 2.16. The van der Waals surface area contributed by atoms with Gasteiger partial charge >= 0.3 is 0 Å². The van der Waals surface area contributed by atoms with Crippen LogP contribution in [0.2, 0.25) is 0 Å². The van der Waals surface area contributed by atoms with E-state index < -0.39 is 0 Å². The van der Waals surface area contributed by atoms with Gasteiger partial charge in [-0.15, -0.1) is 0 Å². The third-order valence-electron chi connectivity index (χ3n) is 3.19. The minimum atomic E-state index is 0.330. The highest BCUT2D eigenvalue weighted by Crippen LogP contribution is 2.34. The Bertz CT molecular complexity index is 397. The van der Waals surface area contributed by atoms with Crippen LogP contribution in [0.3, 0.4) is 0 Å². The molecule has 0 aliphatic carbocycles. The zero-order valence-corrected chi connectivity index (χ0v) is 12.0. The van der Waals surface area contributed by atoms with Gasteiger partial charge in [-0.3, -0.25) is 0 Å². The van der Waals surface area contributed by atoms with Crippen LogP contribution in [0.5, 0.6) is 11.5 Å². The number of benzene rings is 1. The van der Waals surface area contributed by atoms with Gasteiger partial charge in [0.25, 0.3) is 0 Å². The van der Waals surface area contributed by atoms with Crippen LogP contribution >= 0.6 is 11.8 Å². The van der Waals surface area contributed by atoms with Crippen molar-refractivity contribution in [2.45, 2.75) is 32.4 Å². The molecule has 1 N–H and O–H groups in total. The minimum Gasteiger partial charge on any atom is -0.454 e. The Hall–Kier alpha value is -0.870. The summed E-state index contributed by atoms with van der Waals surface area (Å²) in [6.45, 7) is 4.76. The number of rotatable bonds is 6. The molecule has 1 aromatic rings. The van der Waals surface area contributed by atoms with Crippen molar-refractivity contribution < 1.29 is 9.47 Å². The highest BCUT2D eigenvalue weighted by molar-refractivity contribution is 7.98. The van der Waals surface area contributed by atoms with Crippen LogP contribution < -0.4 is 14.8 Å². The van der Waals surface area contributed by atoms with Gasteiger partial charge in [-0.1, -0.05) is 6.07 Å². The molecule has 1 aliphatic rings. The Morgan fingerprint density at radius 2 is 2.06 bits per heavy atom. The Labute approximate surface area is 113 Å². The zero-order valence-electron chi connectivity index (χ0n) is 11.2. The predicted molar refractivity (Wildman–Crippen MR) is 76.6 cm³/mol. The second kappa shape index (κ2) is 6.34. The molecular formula is C14H21NO2S. The van der Waals surface area contributed by atoms with Crippen molar-refractivity contribution in [3.8, 4) is 11.5 Å². The van der Waals surface area contributed by atoms with Gasteiger partial charge in [-0.05, 0) is 50.0 Å². The predicted octanol–water partition coefficient (Wildman–Crippen LogP) is 3.21. The minimum absolute atomic E-state index is 0.330. The molecule has 2 unspecified atom stereocenters. The van der Waals surface area contributed by atoms with E-state index >= 15 is 0 Å². The van der Waals surface area contributed by atoms with E-state index in [2.05, 4.69) is 37.6 Å². The largest absolute Gasteiger partial charge is 0.454 e. The Morgan fingerprint density at radius 3 is 2.83 bits per heavy atom. The molecule has 18 heavy (non-hydrogen) atoms. The molecule has 0 spiro atoms. The first-order valence-electron chi connectivity index (χ1n) is 6.35. The number of thioether (sulfide) groups is 1. The van der Waals surface area contributed by atoms with Gasteiger partial charge in [-0.25, -0.2) is 0 Å². The molecule has 0 amide bonds. The molecular weight excluding hydrogens is 246 g/mol. The topological polar surface area (TPSA) is 30.5 Å². The summed E-state index contributed by atoms with van der Waals surface area (Å²) >= 11 is 1.89. The summed E-state index contributed by atoms with van der Waals surface area (Å²) in [7, 11) is 0. The first-order valence-corrected chi connectivity index (χ1v) is 7.74. The van der Waals surface area contributed by atoms with E-state index in [1.165, 1.54) is 17.7 Å². The van der Waals surface area contributed by atoms with E-state index in [9.17, 15) is 0 Å². The standard InChI is InChI=1S/C14H21NO2S/c1-10(6-7-18-3)15-11(2)12-4-5-13-14(8-12)17-9-16-13/h4-5,8,10-11,15H,6-7,9H2,1-3H3. The van der Waals surface area contributed by atoms with E-state index in [0.717, 1.165) is 11.5 Å². The van der Waals surface area contributed by atoms with Crippen LogP contribution in [0, 0.1) is 0 Å². The van der Waals surface area contributed by atoms with Gasteiger partial charge in [0.1, 0.15) is 0 Å². The SMILES string of the molecule is CSCCC(C)NC(C)c1ccc2c(c1)OCO2. The van der Waals surface area contributed by atoms with E-state index in [0.29, 0.717) is 18.9 Å². The fraction of sp³-hybridized carbons (Fsp3) is 0.571. The molecule has 2 rings (SSSR count). The van der Waals surface area contributed by atoms with Crippen molar-refractivity contribution in [3.05, 3.63) is 23.8 Å². The quantitative estimate of drug-likeness (QED) is 0.857. The molecule has 0 saturated carbocycles. The summed E-state index contributed by atoms with van der Waals surface area (Å²) in [5.41, 5.74) is 1.25. The van der Waals surface area contributed by atoms with Crippen LogP contribution in [0.15, 0.2) is 18.2 Å². The van der Waals surface area contributed by atoms with Crippen LogP contribution in [0.4, 0.5) is 0 Å². The van der Waals surface area contributed by atoms with Crippen LogP contribution in [-0.4, -0.2) is 24.8 Å². The van der Waals surface area contributed by atoms with Crippen LogP contribution in [-0.2, 0) is 0 Å². The Kier molecular flexibility index (Phi) is 4.78. The summed E-state index contributed by atoms with van der Waals surface area (Å²) in [5, 5.41) is 3.61. The molecule has 1 aromatic carbocycles. The number of hydrogen-bond acceptors (Lipinski definition) is 4. The molecule has 0 fully saturated rings. The molecule has 0 radical (unpaired) electrons. The molecule has 1 aliphatic heterocycles. The molecule has 100 valence electrons. The average molecular weight is 267 g/mol. The smallest absolute Gasteiger partial charge is 0.231 e. The maximum atomic E-state index is 5.41. The zero-order chi connectivity index (χ0) is 13.0. The second-order valence-corrected chi connectivity index (χ2v) is 5.67. The molecule has 1 heterocycles. The number of ether oxygens (including phenoxy) is 2. The van der Waals surface area contributed by atoms with Crippen LogP contribution in [0.25, 0.3) is 0 Å². The summed E-state index contributed by atoms with van der Waals surface area (Å²) < 4.78 is 10.7. The third kappa shape index (κ3) is 3.33. The van der Waals surface area contributed by atoms with E-state index in [4.69, 9.17) is 9.47 Å². The summed E-state index contributed by atoms with van der Waals surface area (Å²) in [5.74, 6) is 2.90. The van der Waals surface area contributed by atoms with Gasteiger partial charge in [0.05, 0.1) is 0 Å². The summed E-state index contributed by atoms with van der Waals surface area (Å²) in [4.78, 5) is 0. The lowest BCUT2D eigenvalue weighted by atomic mass is 10.1. The normalized spacial score (nSPS) is 16.6. The van der Waals surface area contributed by atoms with Gasteiger partial charge < -0.3 is 14.8 Å². The molecule has 0 bridgehead atoms. The van der Waals surface area contributed by atoms with Gasteiger partial charge in [0.2, 0.25) is 6.79 Å². The van der Waals surface area contributed by atoms with Crippen molar-refractivity contribution in [2.75, 3.05) is 18.8 Å². The lowest BCUT2D eigenvalue weighted by Crippen LogP contribution is -2.29. The first kappa shape index (κ1) is 13.6. The Morgan fingerprint density at radius 1 is 1.28 bits per heavy atom. The monoisotopic (exact) mass is 267 g/mol.